The molecular formula is C51H86N22O8S3. The third kappa shape index (κ3) is 31.9. The normalized spacial score (nSPS) is 10.7. The van der Waals surface area contributed by atoms with Gasteiger partial charge in [0.15, 0.2) is 5.82 Å². The number of rotatable bonds is 6. The van der Waals surface area contributed by atoms with E-state index in [1.54, 1.807) is 18.5 Å². The molecule has 9 aromatic rings. The van der Waals surface area contributed by atoms with Crippen LogP contribution in [-0.4, -0.2) is 111 Å². The molecule has 9 heterocycles. The lowest BCUT2D eigenvalue weighted by Crippen LogP contribution is -2.21. The lowest BCUT2D eigenvalue weighted by atomic mass is 9.93. The number of nitrogens with zero attached hydrogens (tertiary/aromatic N) is 11. The van der Waals surface area contributed by atoms with Crippen molar-refractivity contribution in [2.75, 3.05) is 5.73 Å². The van der Waals surface area contributed by atoms with Crippen LogP contribution in [0.15, 0.2) is 59.1 Å². The number of carbonyl (C=O) groups excluding carboxylic acids is 2. The molecule has 0 fully saturated rings. The molecule has 9 rings (SSSR count). The van der Waals surface area contributed by atoms with Gasteiger partial charge in [0.25, 0.3) is 16.7 Å². The van der Waals surface area contributed by atoms with Gasteiger partial charge in [0.2, 0.25) is 5.95 Å². The van der Waals surface area contributed by atoms with E-state index >= 15 is 0 Å². The number of hydrogen-bond acceptors (Lipinski definition) is 23. The van der Waals surface area contributed by atoms with Crippen molar-refractivity contribution in [3.8, 4) is 0 Å². The summed E-state index contributed by atoms with van der Waals surface area (Å²) in [5.74, 6) is 5.32. The second-order valence-electron chi connectivity index (χ2n) is 22.7. The Labute approximate surface area is 499 Å². The molecule has 12 N–H and O–H groups in total. The minimum absolute atomic E-state index is 0.00919. The lowest BCUT2D eigenvalue weighted by Gasteiger charge is -2.13. The highest BCUT2D eigenvalue weighted by molar-refractivity contribution is 7.71. The van der Waals surface area contributed by atoms with Crippen molar-refractivity contribution >= 4 is 47.6 Å². The summed E-state index contributed by atoms with van der Waals surface area (Å²) in [6.45, 7) is 42.6. The van der Waals surface area contributed by atoms with Crippen LogP contribution >= 0.6 is 35.5 Å². The Kier molecular flexibility index (Phi) is 34.2. The Morgan fingerprint density at radius 2 is 1.18 bits per heavy atom. The number of hydrogen-bond donors (Lipinski definition) is 11. The van der Waals surface area contributed by atoms with Gasteiger partial charge in [-0.25, -0.2) is 15.0 Å². The van der Waals surface area contributed by atoms with Crippen molar-refractivity contribution in [2.24, 2.45) is 0 Å². The van der Waals surface area contributed by atoms with Crippen molar-refractivity contribution in [2.45, 2.75) is 197 Å². The van der Waals surface area contributed by atoms with Crippen LogP contribution in [0.4, 0.5) is 5.95 Å². The monoisotopic (exact) mass is 1230 g/mol. The van der Waals surface area contributed by atoms with E-state index in [0.29, 0.717) is 57.5 Å². The van der Waals surface area contributed by atoms with Gasteiger partial charge in [-0.3, -0.25) is 47.9 Å². The first-order chi connectivity index (χ1) is 39.0. The summed E-state index contributed by atoms with van der Waals surface area (Å²) in [4.78, 5) is 70.2. The van der Waals surface area contributed by atoms with Gasteiger partial charge in [0, 0.05) is 63.2 Å². The second kappa shape index (κ2) is 37.8. The van der Waals surface area contributed by atoms with E-state index in [9.17, 15) is 19.2 Å². The summed E-state index contributed by atoms with van der Waals surface area (Å²) in [6, 6.07) is 3.13. The summed E-state index contributed by atoms with van der Waals surface area (Å²) in [5, 5.41) is 48.1. The molecule has 0 bridgehead atoms. The van der Waals surface area contributed by atoms with Gasteiger partial charge in [-0.1, -0.05) is 174 Å². The van der Waals surface area contributed by atoms with E-state index in [4.69, 9.17) is 32.1 Å². The summed E-state index contributed by atoms with van der Waals surface area (Å²) >= 11 is 7.44. The van der Waals surface area contributed by atoms with E-state index < -0.39 is 5.76 Å². The third-order valence-corrected chi connectivity index (χ3v) is 12.1. The molecule has 0 radical (unpaired) electrons. The Morgan fingerprint density at radius 3 is 1.37 bits per heavy atom. The first-order valence-electron chi connectivity index (χ1n) is 26.3. The zero-order valence-electron chi connectivity index (χ0n) is 51.8. The van der Waals surface area contributed by atoms with Crippen LogP contribution in [0.1, 0.15) is 232 Å². The molecule has 0 amide bonds. The molecule has 0 spiro atoms. The molecule has 0 unspecified atom stereocenters. The average molecular weight is 1230 g/mol. The van der Waals surface area contributed by atoms with Crippen LogP contribution in [-0.2, 0) is 25.8 Å². The highest BCUT2D eigenvalue weighted by atomic mass is 32.1. The van der Waals surface area contributed by atoms with Crippen LogP contribution in [0.25, 0.3) is 0 Å². The van der Waals surface area contributed by atoms with Gasteiger partial charge in [-0.15, -0.1) is 5.10 Å². The minimum atomic E-state index is -0.487. The minimum Gasteiger partial charge on any atom is -0.383 e. The van der Waals surface area contributed by atoms with Crippen molar-refractivity contribution in [3.63, 3.8) is 0 Å². The maximum Gasteiger partial charge on any atom is 0.438 e. The zero-order chi connectivity index (χ0) is 64.5. The quantitative estimate of drug-likeness (QED) is 0.0692. The standard InChI is InChI=1S/C7H11NO2.C7H11NOS.C6H10N2OS.C5H10N4.C5H9N3S.3C5H9N3.C5H8N2O2.CO2/c2*1-7(2,3)5-4-6(9)8-10-5;1-6(2,3)4-5(9)8-10-7-4;1-3(2)4-7-5(6)9-8-4;1-3(2)4-5(9)7-8-6-4;1-4(2)5-6-3-7-8-5;2*1-4(2)5-3-6-8-7-5;1-3(2)4-6-5(8)9-7-4;2-1-3/h2*4H,1-3H3,(H,8,9);1-3H3,(H,8,9);3H,1-2H3,(H3,6,7,8,9);3H,1-2H3,(H2,6,7,8,9);3*3-4H,1-2H3,(H,6,7,8);3H,1-2H3,(H,6,7,8);. The van der Waals surface area contributed by atoms with Crippen LogP contribution in [0, 0.1) is 4.64 Å². The first-order valence-corrected chi connectivity index (χ1v) is 28.3. The van der Waals surface area contributed by atoms with Crippen molar-refractivity contribution in [1.29, 1.82) is 0 Å². The summed E-state index contributed by atoms with van der Waals surface area (Å²) in [5.41, 5.74) is 8.52. The summed E-state index contributed by atoms with van der Waals surface area (Å²) in [6.07, 6.45) is 5.25. The first kappa shape index (κ1) is 75.8. The zero-order valence-corrected chi connectivity index (χ0v) is 54.3. The molecule has 0 aliphatic rings. The second-order valence-corrected chi connectivity index (χ2v) is 24.5. The molecule has 9 aromatic heterocycles. The molecule has 0 saturated heterocycles. The Hall–Kier alpha value is -8.16. The number of anilines is 1. The average Bonchev–Trinajstić information content (AvgIpc) is 4.23. The van der Waals surface area contributed by atoms with E-state index in [2.05, 4.69) is 186 Å². The number of nitrogen functional groups attached to an aromatic ring is 1. The molecule has 0 aromatic carbocycles. The topological polar surface area (TPSA) is 454 Å². The number of H-pyrrole nitrogens is 10. The molecule has 0 atom stereocenters. The van der Waals surface area contributed by atoms with Crippen molar-refractivity contribution < 1.29 is 18.6 Å². The molecule has 33 heteroatoms. The molecule has 30 nitrogen and oxygen atoms in total. The van der Waals surface area contributed by atoms with Gasteiger partial charge in [0.05, 0.1) is 23.8 Å². The summed E-state index contributed by atoms with van der Waals surface area (Å²) < 4.78 is 19.0. The smallest absolute Gasteiger partial charge is 0.383 e. The predicted octanol–water partition coefficient (Wildman–Crippen LogP) is 8.92. The molecule has 0 aliphatic carbocycles. The maximum absolute atomic E-state index is 11.0. The lowest BCUT2D eigenvalue weighted by molar-refractivity contribution is -0.191. The van der Waals surface area contributed by atoms with Crippen LogP contribution in [0.3, 0.4) is 0 Å². The third-order valence-electron chi connectivity index (χ3n) is 9.95. The maximum atomic E-state index is 11.0. The van der Waals surface area contributed by atoms with Crippen LogP contribution in [0.2, 0.25) is 0 Å². The molecular weight excluding hydrogens is 1140 g/mol. The highest BCUT2D eigenvalue weighted by Gasteiger charge is 2.20. The number of nitrogens with one attached hydrogen (secondary N) is 10. The molecule has 0 saturated carbocycles. The molecule has 466 valence electrons. The largest absolute Gasteiger partial charge is 0.438 e. The summed E-state index contributed by atoms with van der Waals surface area (Å²) in [7, 11) is 0. The van der Waals surface area contributed by atoms with Gasteiger partial charge >= 0.3 is 11.9 Å². The van der Waals surface area contributed by atoms with Crippen LogP contribution in [0.5, 0.6) is 0 Å². The Balaban J connectivity index is 0.000000918. The fourth-order valence-corrected chi connectivity index (χ4v) is 6.88. The van der Waals surface area contributed by atoms with Crippen molar-refractivity contribution in [3.05, 3.63) is 128 Å². The van der Waals surface area contributed by atoms with E-state index in [1.807, 2.05) is 69.2 Å². The Bertz CT molecular complexity index is 3240. The van der Waals surface area contributed by atoms with E-state index in [0.717, 1.165) is 45.3 Å². The van der Waals surface area contributed by atoms with Gasteiger partial charge in [-0.2, -0.15) is 65.1 Å². The molecule has 84 heavy (non-hydrogen) atoms. The SMILES string of the molecule is CC(C)(C)c1cc(=O)[nH]o1.CC(C)(C)c1cc(=O)[nH]s1.CC(C)(C)c1ns[nH]c1=O.CC(C)c1cn[nH]n1.CC(C)c1cn[nH]n1.CC(C)c1n[nH][nH]c1=S.CC(C)c1nc(N)n[nH]1.CC(C)c1ncn[nH]1.CC(C)c1noc(=O)[nH]1.O=C=O. The fourth-order valence-electron chi connectivity index (χ4n) is 5.14. The fraction of sp³-hybridized carbons (Fsp3) is 0.588. The highest BCUT2D eigenvalue weighted by Crippen LogP contribution is 2.23. The van der Waals surface area contributed by atoms with E-state index in [1.165, 1.54) is 23.9 Å². The molecule has 0 aliphatic heterocycles. The van der Waals surface area contributed by atoms with Gasteiger partial charge in [-0.05, 0) is 17.3 Å². The van der Waals surface area contributed by atoms with Gasteiger partial charge < -0.3 is 10.3 Å². The van der Waals surface area contributed by atoms with Crippen molar-refractivity contribution in [1.82, 2.24) is 105 Å². The predicted molar refractivity (Wildman–Crippen MR) is 323 cm³/mol. The Morgan fingerprint density at radius 1 is 0.631 bits per heavy atom. The number of aromatic nitrogens is 21. The number of nitrogens with two attached hydrogens (primary N) is 1. The van der Waals surface area contributed by atoms with Gasteiger partial charge in [0.1, 0.15) is 39.8 Å². The van der Waals surface area contributed by atoms with Crippen LogP contribution < -0.4 is 28.2 Å². The van der Waals surface area contributed by atoms with E-state index in [-0.39, 0.29) is 45.0 Å². The number of aromatic amines is 10.